The third kappa shape index (κ3) is 3.87. The molecule has 1 aromatic carbocycles. The van der Waals surface area contributed by atoms with Crippen molar-refractivity contribution in [2.75, 3.05) is 18.0 Å². The van der Waals surface area contributed by atoms with Gasteiger partial charge in [-0.3, -0.25) is 9.59 Å². The highest BCUT2D eigenvalue weighted by Gasteiger charge is 2.34. The quantitative estimate of drug-likeness (QED) is 0.821. The second-order valence-corrected chi connectivity index (χ2v) is 6.17. The third-order valence-corrected chi connectivity index (χ3v) is 4.38. The summed E-state index contributed by atoms with van der Waals surface area (Å²) >= 11 is 0. The first kappa shape index (κ1) is 16.5. The molecule has 1 N–H and O–H groups in total. The molecule has 0 spiro atoms. The molecule has 2 rings (SSSR count). The van der Waals surface area contributed by atoms with Crippen molar-refractivity contribution in [2.45, 2.75) is 46.5 Å². The van der Waals surface area contributed by atoms with Gasteiger partial charge in [0.2, 0.25) is 11.8 Å². The zero-order chi connectivity index (χ0) is 16.1. The zero-order valence-electron chi connectivity index (χ0n) is 13.8. The van der Waals surface area contributed by atoms with E-state index in [-0.39, 0.29) is 17.7 Å². The number of carbonyl (C=O) groups excluding carboxylic acids is 2. The van der Waals surface area contributed by atoms with Gasteiger partial charge in [-0.15, -0.1) is 0 Å². The maximum atomic E-state index is 12.2. The van der Waals surface area contributed by atoms with E-state index in [9.17, 15) is 9.59 Å². The van der Waals surface area contributed by atoms with Crippen LogP contribution in [0.4, 0.5) is 5.69 Å². The minimum atomic E-state index is -0.226. The van der Waals surface area contributed by atoms with Crippen molar-refractivity contribution >= 4 is 17.5 Å². The number of amides is 2. The lowest BCUT2D eigenvalue weighted by Gasteiger charge is -2.18. The van der Waals surface area contributed by atoms with E-state index in [1.807, 2.05) is 25.1 Å². The minimum Gasteiger partial charge on any atom is -0.356 e. The van der Waals surface area contributed by atoms with Gasteiger partial charge >= 0.3 is 0 Å². The first-order chi connectivity index (χ1) is 10.5. The Morgan fingerprint density at radius 1 is 1.27 bits per heavy atom. The van der Waals surface area contributed by atoms with Crippen LogP contribution >= 0.6 is 0 Å². The van der Waals surface area contributed by atoms with Crippen molar-refractivity contribution in [1.29, 1.82) is 0 Å². The molecule has 1 aromatic rings. The van der Waals surface area contributed by atoms with Gasteiger partial charge in [-0.25, -0.2) is 0 Å². The Balaban J connectivity index is 1.95. The highest BCUT2D eigenvalue weighted by molar-refractivity contribution is 6.00. The fourth-order valence-corrected chi connectivity index (χ4v) is 2.76. The summed E-state index contributed by atoms with van der Waals surface area (Å²) in [6.07, 6.45) is 3.58. The first-order valence-corrected chi connectivity index (χ1v) is 8.18. The van der Waals surface area contributed by atoms with Gasteiger partial charge in [0.1, 0.15) is 0 Å². The van der Waals surface area contributed by atoms with E-state index in [2.05, 4.69) is 19.2 Å². The molecule has 22 heavy (non-hydrogen) atoms. The number of anilines is 1. The minimum absolute atomic E-state index is 0.00999. The Morgan fingerprint density at radius 3 is 2.73 bits per heavy atom. The summed E-state index contributed by atoms with van der Waals surface area (Å²) in [5, 5.41) is 2.95. The Kier molecular flexibility index (Phi) is 5.58. The molecule has 1 saturated heterocycles. The Bertz CT molecular complexity index is 554. The maximum absolute atomic E-state index is 12.2. The Morgan fingerprint density at radius 2 is 2.05 bits per heavy atom. The molecule has 120 valence electrons. The smallest absolute Gasteiger partial charge is 0.227 e. The fourth-order valence-electron chi connectivity index (χ4n) is 2.76. The highest BCUT2D eigenvalue weighted by atomic mass is 16.2. The molecule has 0 bridgehead atoms. The maximum Gasteiger partial charge on any atom is 0.227 e. The number of hydrogen-bond acceptors (Lipinski definition) is 2. The van der Waals surface area contributed by atoms with Crippen LogP contribution in [0.3, 0.4) is 0 Å². The predicted octanol–water partition coefficient (Wildman–Crippen LogP) is 2.96. The zero-order valence-corrected chi connectivity index (χ0v) is 13.8. The topological polar surface area (TPSA) is 49.4 Å². The molecule has 0 saturated carbocycles. The normalized spacial score (nSPS) is 17.9. The Hall–Kier alpha value is -1.84. The van der Waals surface area contributed by atoms with E-state index < -0.39 is 0 Å². The van der Waals surface area contributed by atoms with Gasteiger partial charge in [-0.05, 0) is 43.5 Å². The third-order valence-electron chi connectivity index (χ3n) is 4.38. The molecular weight excluding hydrogens is 276 g/mol. The van der Waals surface area contributed by atoms with E-state index in [1.54, 1.807) is 4.90 Å². The molecule has 1 fully saturated rings. The van der Waals surface area contributed by atoms with E-state index >= 15 is 0 Å². The van der Waals surface area contributed by atoms with Crippen molar-refractivity contribution in [3.05, 3.63) is 29.3 Å². The number of carbonyl (C=O) groups is 2. The molecule has 4 heteroatoms. The van der Waals surface area contributed by atoms with Crippen LogP contribution in [0.15, 0.2) is 18.2 Å². The summed E-state index contributed by atoms with van der Waals surface area (Å²) in [4.78, 5) is 26.1. The lowest BCUT2D eigenvalue weighted by molar-refractivity contribution is -0.126. The number of hydrogen-bond donors (Lipinski definition) is 1. The molecule has 1 aliphatic heterocycles. The number of nitrogens with one attached hydrogen (secondary N) is 1. The van der Waals surface area contributed by atoms with Gasteiger partial charge < -0.3 is 10.2 Å². The van der Waals surface area contributed by atoms with Crippen LogP contribution in [0, 0.1) is 19.8 Å². The predicted molar refractivity (Wildman–Crippen MR) is 88.9 cm³/mol. The highest BCUT2D eigenvalue weighted by Crippen LogP contribution is 2.26. The first-order valence-electron chi connectivity index (χ1n) is 8.18. The Labute approximate surface area is 132 Å². The molecule has 0 aromatic heterocycles. The molecule has 1 heterocycles. The molecular formula is C18H26N2O2. The van der Waals surface area contributed by atoms with E-state index in [0.717, 1.165) is 30.5 Å². The van der Waals surface area contributed by atoms with E-state index in [4.69, 9.17) is 0 Å². The van der Waals surface area contributed by atoms with Crippen molar-refractivity contribution in [3.63, 3.8) is 0 Å². The summed E-state index contributed by atoms with van der Waals surface area (Å²) < 4.78 is 0. The molecule has 0 unspecified atom stereocenters. The number of nitrogens with zero attached hydrogens (tertiary/aromatic N) is 1. The standard InChI is InChI=1S/C18H26N2O2/c1-4-5-6-9-19-18(22)15-11-17(21)20(12-15)16-8-7-13(2)14(3)10-16/h7-8,10,15H,4-6,9,11-12H2,1-3H3,(H,19,22)/t15-/m1/s1. The van der Waals surface area contributed by atoms with Crippen molar-refractivity contribution in [3.8, 4) is 0 Å². The van der Waals surface area contributed by atoms with Gasteiger partial charge in [0.15, 0.2) is 0 Å². The second kappa shape index (κ2) is 7.43. The van der Waals surface area contributed by atoms with E-state index in [1.165, 1.54) is 5.56 Å². The fraction of sp³-hybridized carbons (Fsp3) is 0.556. The van der Waals surface area contributed by atoms with Crippen LogP contribution in [0.1, 0.15) is 43.7 Å². The van der Waals surface area contributed by atoms with Gasteiger partial charge in [0, 0.05) is 25.2 Å². The summed E-state index contributed by atoms with van der Waals surface area (Å²) in [6.45, 7) is 7.43. The van der Waals surface area contributed by atoms with Crippen LogP contribution in [0.5, 0.6) is 0 Å². The molecule has 4 nitrogen and oxygen atoms in total. The van der Waals surface area contributed by atoms with Crippen molar-refractivity contribution < 1.29 is 9.59 Å². The summed E-state index contributed by atoms with van der Waals surface area (Å²) in [6, 6.07) is 6.01. The molecule has 1 aliphatic rings. The molecule has 2 amide bonds. The van der Waals surface area contributed by atoms with Crippen LogP contribution in [0.25, 0.3) is 0 Å². The van der Waals surface area contributed by atoms with Gasteiger partial charge in [0.25, 0.3) is 0 Å². The summed E-state index contributed by atoms with van der Waals surface area (Å²) in [5.41, 5.74) is 3.27. The van der Waals surface area contributed by atoms with Crippen LogP contribution in [-0.2, 0) is 9.59 Å². The van der Waals surface area contributed by atoms with Crippen LogP contribution in [0.2, 0.25) is 0 Å². The molecule has 0 radical (unpaired) electrons. The van der Waals surface area contributed by atoms with Crippen molar-refractivity contribution in [1.82, 2.24) is 5.32 Å². The summed E-state index contributed by atoms with van der Waals surface area (Å²) in [5.74, 6) is -0.177. The lowest BCUT2D eigenvalue weighted by Crippen LogP contribution is -2.33. The van der Waals surface area contributed by atoms with E-state index in [0.29, 0.717) is 19.5 Å². The largest absolute Gasteiger partial charge is 0.356 e. The number of unbranched alkanes of at least 4 members (excludes halogenated alkanes) is 2. The number of aryl methyl sites for hydroxylation is 2. The lowest BCUT2D eigenvalue weighted by atomic mass is 10.1. The van der Waals surface area contributed by atoms with Gasteiger partial charge in [-0.2, -0.15) is 0 Å². The SMILES string of the molecule is CCCCCNC(=O)[C@@H]1CC(=O)N(c2ccc(C)c(C)c2)C1. The summed E-state index contributed by atoms with van der Waals surface area (Å²) in [7, 11) is 0. The monoisotopic (exact) mass is 302 g/mol. The van der Waals surface area contributed by atoms with Gasteiger partial charge in [-0.1, -0.05) is 25.8 Å². The molecule has 0 aliphatic carbocycles. The van der Waals surface area contributed by atoms with Gasteiger partial charge in [0.05, 0.1) is 5.92 Å². The average molecular weight is 302 g/mol. The average Bonchev–Trinajstić information content (AvgIpc) is 2.88. The number of benzene rings is 1. The van der Waals surface area contributed by atoms with Crippen molar-refractivity contribution in [2.24, 2.45) is 5.92 Å². The number of rotatable bonds is 6. The second-order valence-electron chi connectivity index (χ2n) is 6.17. The van der Waals surface area contributed by atoms with Crippen LogP contribution in [-0.4, -0.2) is 24.9 Å². The van der Waals surface area contributed by atoms with Crippen LogP contribution < -0.4 is 10.2 Å². The molecule has 1 atom stereocenters.